The predicted octanol–water partition coefficient (Wildman–Crippen LogP) is 3.59. The van der Waals surface area contributed by atoms with Crippen LogP contribution in [-0.4, -0.2) is 31.4 Å². The summed E-state index contributed by atoms with van der Waals surface area (Å²) < 4.78 is 4.70. The SMILES string of the molecule is CCc1cccc(CC)c1N(CC(=O)Nc1cccc(C(=O)OC)c1)C(C)=O. The summed E-state index contributed by atoms with van der Waals surface area (Å²) in [6, 6.07) is 12.4. The van der Waals surface area contributed by atoms with E-state index in [-0.39, 0.29) is 18.4 Å². The molecule has 0 atom stereocenters. The van der Waals surface area contributed by atoms with E-state index in [1.807, 2.05) is 32.0 Å². The van der Waals surface area contributed by atoms with Crippen LogP contribution in [0.2, 0.25) is 0 Å². The van der Waals surface area contributed by atoms with E-state index in [0.717, 1.165) is 29.7 Å². The van der Waals surface area contributed by atoms with Gasteiger partial charge in [0, 0.05) is 12.6 Å². The van der Waals surface area contributed by atoms with Crippen LogP contribution < -0.4 is 10.2 Å². The monoisotopic (exact) mass is 382 g/mol. The first-order valence-electron chi connectivity index (χ1n) is 9.28. The fourth-order valence-corrected chi connectivity index (χ4v) is 3.10. The maximum absolute atomic E-state index is 12.6. The fraction of sp³-hybridized carbons (Fsp3) is 0.318. The van der Waals surface area contributed by atoms with E-state index < -0.39 is 5.97 Å². The summed E-state index contributed by atoms with van der Waals surface area (Å²) in [5.74, 6) is -1.02. The van der Waals surface area contributed by atoms with Gasteiger partial charge in [-0.3, -0.25) is 9.59 Å². The van der Waals surface area contributed by atoms with Crippen molar-refractivity contribution in [2.45, 2.75) is 33.6 Å². The first kappa shape index (κ1) is 21.2. The van der Waals surface area contributed by atoms with Gasteiger partial charge < -0.3 is 15.0 Å². The van der Waals surface area contributed by atoms with Crippen LogP contribution in [0.3, 0.4) is 0 Å². The highest BCUT2D eigenvalue weighted by Crippen LogP contribution is 2.27. The highest BCUT2D eigenvalue weighted by Gasteiger charge is 2.21. The highest BCUT2D eigenvalue weighted by atomic mass is 16.5. The first-order valence-corrected chi connectivity index (χ1v) is 9.28. The zero-order chi connectivity index (χ0) is 20.7. The lowest BCUT2D eigenvalue weighted by Gasteiger charge is -2.26. The van der Waals surface area contributed by atoms with E-state index in [9.17, 15) is 14.4 Å². The lowest BCUT2D eigenvalue weighted by molar-refractivity contribution is -0.120. The van der Waals surface area contributed by atoms with Crippen LogP contribution in [-0.2, 0) is 27.2 Å². The predicted molar refractivity (Wildman–Crippen MR) is 110 cm³/mol. The molecule has 0 aliphatic heterocycles. The zero-order valence-electron chi connectivity index (χ0n) is 16.7. The third-order valence-corrected chi connectivity index (χ3v) is 4.48. The van der Waals surface area contributed by atoms with Crippen molar-refractivity contribution in [3.05, 3.63) is 59.2 Å². The third kappa shape index (κ3) is 4.97. The average molecular weight is 382 g/mol. The van der Waals surface area contributed by atoms with Crippen molar-refractivity contribution in [3.8, 4) is 0 Å². The van der Waals surface area contributed by atoms with Crippen LogP contribution in [0.1, 0.15) is 42.3 Å². The van der Waals surface area contributed by atoms with Crippen molar-refractivity contribution >= 4 is 29.2 Å². The number of hydrogen-bond acceptors (Lipinski definition) is 4. The molecule has 0 saturated carbocycles. The van der Waals surface area contributed by atoms with Gasteiger partial charge >= 0.3 is 5.97 Å². The topological polar surface area (TPSA) is 75.7 Å². The molecule has 0 saturated heterocycles. The Morgan fingerprint density at radius 2 is 1.61 bits per heavy atom. The lowest BCUT2D eigenvalue weighted by Crippen LogP contribution is -2.38. The Labute approximate surface area is 165 Å². The van der Waals surface area contributed by atoms with Crippen molar-refractivity contribution in [2.24, 2.45) is 0 Å². The molecule has 0 heterocycles. The zero-order valence-corrected chi connectivity index (χ0v) is 16.7. The Bertz CT molecular complexity index is 854. The molecule has 2 rings (SSSR count). The Morgan fingerprint density at radius 3 is 2.14 bits per heavy atom. The van der Waals surface area contributed by atoms with Crippen molar-refractivity contribution in [2.75, 3.05) is 23.9 Å². The number of ether oxygens (including phenoxy) is 1. The molecule has 2 amide bonds. The number of para-hydroxylation sites is 1. The van der Waals surface area contributed by atoms with Gasteiger partial charge in [-0.15, -0.1) is 0 Å². The molecule has 0 spiro atoms. The summed E-state index contributed by atoms with van der Waals surface area (Å²) in [5.41, 5.74) is 3.66. The number of aryl methyl sites for hydroxylation is 2. The number of carbonyl (C=O) groups is 3. The standard InChI is InChI=1S/C22H26N2O4/c1-5-16-9-7-10-17(6-2)21(16)24(15(3)25)14-20(26)23-19-12-8-11-18(13-19)22(27)28-4/h7-13H,5-6,14H2,1-4H3,(H,23,26). The van der Waals surface area contributed by atoms with E-state index in [0.29, 0.717) is 11.3 Å². The molecule has 0 fully saturated rings. The summed E-state index contributed by atoms with van der Waals surface area (Å²) in [5, 5.41) is 2.75. The van der Waals surface area contributed by atoms with Gasteiger partial charge in [-0.25, -0.2) is 4.79 Å². The second-order valence-corrected chi connectivity index (χ2v) is 6.36. The highest BCUT2D eigenvalue weighted by molar-refractivity contribution is 6.03. The number of methoxy groups -OCH3 is 1. The summed E-state index contributed by atoms with van der Waals surface area (Å²) in [7, 11) is 1.30. The van der Waals surface area contributed by atoms with Gasteiger partial charge in [0.1, 0.15) is 6.54 Å². The number of anilines is 2. The molecule has 28 heavy (non-hydrogen) atoms. The molecule has 1 N–H and O–H groups in total. The smallest absolute Gasteiger partial charge is 0.337 e. The molecule has 0 unspecified atom stereocenters. The molecule has 148 valence electrons. The molecule has 0 radical (unpaired) electrons. The number of hydrogen-bond donors (Lipinski definition) is 1. The second kappa shape index (κ2) is 9.69. The second-order valence-electron chi connectivity index (χ2n) is 6.36. The van der Waals surface area contributed by atoms with Crippen molar-refractivity contribution < 1.29 is 19.1 Å². The molecule has 2 aromatic carbocycles. The Balaban J connectivity index is 2.26. The molecule has 0 aliphatic rings. The minimum Gasteiger partial charge on any atom is -0.465 e. The van der Waals surface area contributed by atoms with Crippen molar-refractivity contribution in [1.29, 1.82) is 0 Å². The van der Waals surface area contributed by atoms with Gasteiger partial charge in [0.2, 0.25) is 11.8 Å². The molecular weight excluding hydrogens is 356 g/mol. The van der Waals surface area contributed by atoms with Gasteiger partial charge in [0.15, 0.2) is 0 Å². The molecule has 6 nitrogen and oxygen atoms in total. The summed E-state index contributed by atoms with van der Waals surface area (Å²) in [4.78, 5) is 38.1. The van der Waals surface area contributed by atoms with Crippen molar-refractivity contribution in [1.82, 2.24) is 0 Å². The molecule has 0 bridgehead atoms. The number of nitrogens with zero attached hydrogens (tertiary/aromatic N) is 1. The normalized spacial score (nSPS) is 10.3. The third-order valence-electron chi connectivity index (χ3n) is 4.48. The number of rotatable bonds is 7. The molecule has 2 aromatic rings. The van der Waals surface area contributed by atoms with Crippen LogP contribution >= 0.6 is 0 Å². The average Bonchev–Trinajstić information content (AvgIpc) is 2.70. The first-order chi connectivity index (χ1) is 13.4. The number of nitrogens with one attached hydrogen (secondary N) is 1. The van der Waals surface area contributed by atoms with Gasteiger partial charge in [0.25, 0.3) is 0 Å². The van der Waals surface area contributed by atoms with E-state index >= 15 is 0 Å². The minimum absolute atomic E-state index is 0.109. The molecule has 0 aromatic heterocycles. The van der Waals surface area contributed by atoms with E-state index in [1.54, 1.807) is 24.3 Å². The summed E-state index contributed by atoms with van der Waals surface area (Å²) in [6.45, 7) is 5.39. The van der Waals surface area contributed by atoms with Gasteiger partial charge in [-0.1, -0.05) is 38.1 Å². The molecule has 0 aliphatic carbocycles. The van der Waals surface area contributed by atoms with Crippen LogP contribution in [0.4, 0.5) is 11.4 Å². The quantitative estimate of drug-likeness (QED) is 0.743. The van der Waals surface area contributed by atoms with Gasteiger partial charge in [0.05, 0.1) is 18.4 Å². The van der Waals surface area contributed by atoms with Crippen LogP contribution in [0.25, 0.3) is 0 Å². The Kier molecular flexibility index (Phi) is 7.32. The number of carbonyl (C=O) groups excluding carboxylic acids is 3. The van der Waals surface area contributed by atoms with Crippen LogP contribution in [0.5, 0.6) is 0 Å². The fourth-order valence-electron chi connectivity index (χ4n) is 3.10. The van der Waals surface area contributed by atoms with E-state index in [2.05, 4.69) is 5.32 Å². The largest absolute Gasteiger partial charge is 0.465 e. The van der Waals surface area contributed by atoms with E-state index in [1.165, 1.54) is 18.9 Å². The Morgan fingerprint density at radius 1 is 1.00 bits per heavy atom. The van der Waals surface area contributed by atoms with Crippen molar-refractivity contribution in [3.63, 3.8) is 0 Å². The molecule has 6 heteroatoms. The number of esters is 1. The molecular formula is C22H26N2O4. The minimum atomic E-state index is -0.481. The van der Waals surface area contributed by atoms with Gasteiger partial charge in [-0.2, -0.15) is 0 Å². The number of benzene rings is 2. The van der Waals surface area contributed by atoms with Gasteiger partial charge in [-0.05, 0) is 42.2 Å². The van der Waals surface area contributed by atoms with Crippen LogP contribution in [0.15, 0.2) is 42.5 Å². The maximum atomic E-state index is 12.6. The summed E-state index contributed by atoms with van der Waals surface area (Å²) >= 11 is 0. The number of amides is 2. The van der Waals surface area contributed by atoms with Crippen LogP contribution in [0, 0.1) is 0 Å². The lowest BCUT2D eigenvalue weighted by atomic mass is 10.0. The Hall–Kier alpha value is -3.15. The van der Waals surface area contributed by atoms with E-state index in [4.69, 9.17) is 4.74 Å². The summed E-state index contributed by atoms with van der Waals surface area (Å²) in [6.07, 6.45) is 1.52. The maximum Gasteiger partial charge on any atom is 0.337 e.